The summed E-state index contributed by atoms with van der Waals surface area (Å²) in [6.07, 6.45) is -0.767. The van der Waals surface area contributed by atoms with E-state index in [0.717, 1.165) is 11.3 Å². The third kappa shape index (κ3) is 5.53. The number of hydrogen-bond donors (Lipinski definition) is 2. The van der Waals surface area contributed by atoms with Crippen LogP contribution in [0.1, 0.15) is 29.8 Å². The van der Waals surface area contributed by atoms with E-state index in [9.17, 15) is 9.59 Å². The number of carbonyl (C=O) groups is 2. The lowest BCUT2D eigenvalue weighted by Crippen LogP contribution is -2.47. The zero-order valence-electron chi connectivity index (χ0n) is 14.5. The zero-order chi connectivity index (χ0) is 18.2. The number of hydrogen-bond acceptors (Lipinski definition) is 4. The monoisotopic (exact) mass is 342 g/mol. The van der Waals surface area contributed by atoms with E-state index in [1.165, 1.54) is 0 Å². The molecule has 0 saturated heterocycles. The van der Waals surface area contributed by atoms with Crippen LogP contribution in [0.4, 0.5) is 0 Å². The van der Waals surface area contributed by atoms with Crippen LogP contribution in [0.15, 0.2) is 48.5 Å². The lowest BCUT2D eigenvalue weighted by Gasteiger charge is -2.15. The molecule has 6 heteroatoms. The van der Waals surface area contributed by atoms with Crippen molar-refractivity contribution in [1.82, 2.24) is 10.9 Å². The Kier molecular flexibility index (Phi) is 6.39. The van der Waals surface area contributed by atoms with Gasteiger partial charge >= 0.3 is 0 Å². The number of ether oxygens (including phenoxy) is 2. The standard InChI is InChI=1S/C19H22N2O4/c1-4-24-16-9-11-17(12-10-16)25-14(3)18(22)20-21-19(23)15-7-5-13(2)6-8-15/h5-12,14H,4H2,1-3H3,(H,20,22)(H,21,23)/t14-/m0/s1. The molecule has 6 nitrogen and oxygen atoms in total. The van der Waals surface area contributed by atoms with Gasteiger partial charge in [-0.05, 0) is 57.2 Å². The summed E-state index contributed by atoms with van der Waals surface area (Å²) in [6.45, 7) is 6.02. The average Bonchev–Trinajstić information content (AvgIpc) is 2.61. The molecule has 0 unspecified atom stereocenters. The van der Waals surface area contributed by atoms with Crippen LogP contribution in [0.3, 0.4) is 0 Å². The van der Waals surface area contributed by atoms with Gasteiger partial charge in [-0.1, -0.05) is 17.7 Å². The van der Waals surface area contributed by atoms with E-state index in [4.69, 9.17) is 9.47 Å². The maximum Gasteiger partial charge on any atom is 0.279 e. The maximum atomic E-state index is 12.0. The number of amides is 2. The molecule has 1 atom stereocenters. The van der Waals surface area contributed by atoms with Gasteiger partial charge in [0, 0.05) is 5.56 Å². The highest BCUT2D eigenvalue weighted by Crippen LogP contribution is 2.18. The van der Waals surface area contributed by atoms with Crippen molar-refractivity contribution in [2.75, 3.05) is 6.61 Å². The molecule has 0 heterocycles. The van der Waals surface area contributed by atoms with Gasteiger partial charge < -0.3 is 9.47 Å². The Morgan fingerprint density at radius 1 is 0.960 bits per heavy atom. The van der Waals surface area contributed by atoms with Crippen LogP contribution in [-0.2, 0) is 4.79 Å². The van der Waals surface area contributed by atoms with Gasteiger partial charge in [0.15, 0.2) is 6.10 Å². The van der Waals surface area contributed by atoms with E-state index in [-0.39, 0.29) is 5.91 Å². The average molecular weight is 342 g/mol. The highest BCUT2D eigenvalue weighted by Gasteiger charge is 2.16. The summed E-state index contributed by atoms with van der Waals surface area (Å²) in [5.41, 5.74) is 6.25. The molecule has 0 aliphatic carbocycles. The van der Waals surface area contributed by atoms with Crippen molar-refractivity contribution in [3.63, 3.8) is 0 Å². The van der Waals surface area contributed by atoms with Gasteiger partial charge in [-0.2, -0.15) is 0 Å². The lowest BCUT2D eigenvalue weighted by atomic mass is 10.1. The number of hydrazine groups is 1. The van der Waals surface area contributed by atoms with Gasteiger partial charge in [0.2, 0.25) is 0 Å². The van der Waals surface area contributed by atoms with Crippen LogP contribution >= 0.6 is 0 Å². The molecule has 0 aliphatic rings. The van der Waals surface area contributed by atoms with Crippen LogP contribution in [0.25, 0.3) is 0 Å². The number of carbonyl (C=O) groups excluding carboxylic acids is 2. The normalized spacial score (nSPS) is 11.3. The van der Waals surface area contributed by atoms with Crippen molar-refractivity contribution in [3.05, 3.63) is 59.7 Å². The van der Waals surface area contributed by atoms with Crippen LogP contribution in [0.2, 0.25) is 0 Å². The minimum absolute atomic E-state index is 0.387. The highest BCUT2D eigenvalue weighted by molar-refractivity contribution is 5.95. The molecule has 132 valence electrons. The van der Waals surface area contributed by atoms with Crippen molar-refractivity contribution in [2.24, 2.45) is 0 Å². The Bertz CT molecular complexity index is 711. The molecule has 0 saturated carbocycles. The molecule has 25 heavy (non-hydrogen) atoms. The van der Waals surface area contributed by atoms with E-state index in [2.05, 4.69) is 10.9 Å². The van der Waals surface area contributed by atoms with E-state index >= 15 is 0 Å². The van der Waals surface area contributed by atoms with Crippen molar-refractivity contribution in [2.45, 2.75) is 26.9 Å². The minimum Gasteiger partial charge on any atom is -0.494 e. The summed E-state index contributed by atoms with van der Waals surface area (Å²) in [4.78, 5) is 24.0. The van der Waals surface area contributed by atoms with Gasteiger partial charge in [-0.15, -0.1) is 0 Å². The summed E-state index contributed by atoms with van der Waals surface area (Å²) in [7, 11) is 0. The molecule has 2 aromatic carbocycles. The summed E-state index contributed by atoms with van der Waals surface area (Å²) in [5, 5.41) is 0. The molecular formula is C19H22N2O4. The minimum atomic E-state index is -0.767. The SMILES string of the molecule is CCOc1ccc(O[C@@H](C)C(=O)NNC(=O)c2ccc(C)cc2)cc1. The first-order valence-electron chi connectivity index (χ1n) is 8.06. The molecule has 0 aliphatic heterocycles. The molecule has 2 amide bonds. The summed E-state index contributed by atoms with van der Waals surface area (Å²) in [5.74, 6) is 0.434. The second-order valence-corrected chi connectivity index (χ2v) is 5.47. The molecule has 2 N–H and O–H groups in total. The van der Waals surface area contributed by atoms with Gasteiger partial charge in [0.05, 0.1) is 6.61 Å². The predicted molar refractivity (Wildman–Crippen MR) is 94.5 cm³/mol. The van der Waals surface area contributed by atoms with Crippen LogP contribution in [-0.4, -0.2) is 24.5 Å². The Balaban J connectivity index is 1.83. The van der Waals surface area contributed by atoms with Gasteiger partial charge in [-0.3, -0.25) is 20.4 Å². The van der Waals surface area contributed by atoms with Crippen molar-refractivity contribution in [3.8, 4) is 11.5 Å². The molecule has 0 fully saturated rings. The molecule has 0 bridgehead atoms. The summed E-state index contributed by atoms with van der Waals surface area (Å²) < 4.78 is 10.9. The molecule has 0 aromatic heterocycles. The predicted octanol–water partition coefficient (Wildman–Crippen LogP) is 2.62. The molecule has 0 spiro atoms. The van der Waals surface area contributed by atoms with Gasteiger partial charge in [0.25, 0.3) is 11.8 Å². The summed E-state index contributed by atoms with van der Waals surface area (Å²) in [6, 6.07) is 14.0. The molecule has 2 aromatic rings. The van der Waals surface area contributed by atoms with Crippen LogP contribution in [0, 0.1) is 6.92 Å². The van der Waals surface area contributed by atoms with E-state index in [1.54, 1.807) is 43.3 Å². The van der Waals surface area contributed by atoms with Gasteiger partial charge in [0.1, 0.15) is 11.5 Å². The summed E-state index contributed by atoms with van der Waals surface area (Å²) >= 11 is 0. The topological polar surface area (TPSA) is 76.7 Å². The van der Waals surface area contributed by atoms with Gasteiger partial charge in [-0.25, -0.2) is 0 Å². The first-order chi connectivity index (χ1) is 12.0. The second kappa shape index (κ2) is 8.73. The lowest BCUT2D eigenvalue weighted by molar-refractivity contribution is -0.128. The van der Waals surface area contributed by atoms with Crippen molar-refractivity contribution in [1.29, 1.82) is 0 Å². The maximum absolute atomic E-state index is 12.0. The number of aryl methyl sites for hydroxylation is 1. The smallest absolute Gasteiger partial charge is 0.279 e. The van der Waals surface area contributed by atoms with E-state index < -0.39 is 12.0 Å². The molecule has 2 rings (SSSR count). The van der Waals surface area contributed by atoms with Crippen molar-refractivity contribution < 1.29 is 19.1 Å². The molecular weight excluding hydrogens is 320 g/mol. The van der Waals surface area contributed by atoms with Crippen LogP contribution < -0.4 is 20.3 Å². The third-order valence-electron chi connectivity index (χ3n) is 3.43. The Hall–Kier alpha value is -3.02. The Labute approximate surface area is 147 Å². The number of rotatable bonds is 6. The molecule has 0 radical (unpaired) electrons. The number of nitrogens with one attached hydrogen (secondary N) is 2. The first kappa shape index (κ1) is 18.3. The van der Waals surface area contributed by atoms with E-state index in [1.807, 2.05) is 26.0 Å². The van der Waals surface area contributed by atoms with Crippen LogP contribution in [0.5, 0.6) is 11.5 Å². The number of benzene rings is 2. The fourth-order valence-corrected chi connectivity index (χ4v) is 2.04. The Morgan fingerprint density at radius 3 is 2.16 bits per heavy atom. The van der Waals surface area contributed by atoms with E-state index in [0.29, 0.717) is 17.9 Å². The van der Waals surface area contributed by atoms with Crippen molar-refractivity contribution >= 4 is 11.8 Å². The first-order valence-corrected chi connectivity index (χ1v) is 8.06. The Morgan fingerprint density at radius 2 is 1.56 bits per heavy atom. The fourth-order valence-electron chi connectivity index (χ4n) is 2.04. The zero-order valence-corrected chi connectivity index (χ0v) is 14.5. The highest BCUT2D eigenvalue weighted by atomic mass is 16.5. The third-order valence-corrected chi connectivity index (χ3v) is 3.43. The largest absolute Gasteiger partial charge is 0.494 e. The second-order valence-electron chi connectivity index (χ2n) is 5.47. The quantitative estimate of drug-likeness (QED) is 0.791. The fraction of sp³-hybridized carbons (Fsp3) is 0.263.